The maximum absolute atomic E-state index is 6.47. The Bertz CT molecular complexity index is 9050. The molecule has 0 fully saturated rings. The maximum atomic E-state index is 6.47. The molecule has 0 radical (unpaired) electrons. The molecule has 0 unspecified atom stereocenters. The van der Waals surface area contributed by atoms with Crippen LogP contribution in [0.15, 0.2) is 450 Å². The predicted molar refractivity (Wildman–Crippen MR) is 533 cm³/mol. The average molecular weight is 1690 g/mol. The van der Waals surface area contributed by atoms with Crippen LogP contribution < -0.4 is 0 Å². The molecule has 15 nitrogen and oxygen atoms in total. The lowest BCUT2D eigenvalue weighted by Gasteiger charge is -2.12. The van der Waals surface area contributed by atoms with Gasteiger partial charge in [0.05, 0.1) is 38.7 Å². The number of aromatic nitrogens is 12. The van der Waals surface area contributed by atoms with E-state index in [0.717, 1.165) is 193 Å². The highest BCUT2D eigenvalue weighted by Crippen LogP contribution is 2.45. The highest BCUT2D eigenvalue weighted by Gasteiger charge is 2.27. The number of fused-ring (bicyclic) bond motifs is 18. The van der Waals surface area contributed by atoms with Gasteiger partial charge in [-0.3, -0.25) is 9.13 Å². The fourth-order valence-corrected chi connectivity index (χ4v) is 18.8. The Morgan fingerprint density at radius 3 is 0.886 bits per heavy atom. The van der Waals surface area contributed by atoms with Crippen LogP contribution in [0.25, 0.3) is 251 Å². The van der Waals surface area contributed by atoms with E-state index in [1.165, 1.54) is 5.56 Å². The van der Waals surface area contributed by atoms with Crippen molar-refractivity contribution >= 4 is 131 Å². The highest BCUT2D eigenvalue weighted by molar-refractivity contribution is 6.18. The van der Waals surface area contributed by atoms with Crippen LogP contribution in [0.3, 0.4) is 0 Å². The monoisotopic (exact) mass is 1690 g/mol. The molecule has 0 bridgehead atoms. The molecule has 15 heteroatoms. The van der Waals surface area contributed by atoms with Crippen molar-refractivity contribution in [2.45, 2.75) is 0 Å². The van der Waals surface area contributed by atoms with E-state index >= 15 is 0 Å². The zero-order valence-corrected chi connectivity index (χ0v) is 70.7. The summed E-state index contributed by atoms with van der Waals surface area (Å²) in [4.78, 5) is 46.1. The summed E-state index contributed by atoms with van der Waals surface area (Å²) >= 11 is 0. The minimum atomic E-state index is 0.561. The van der Waals surface area contributed by atoms with E-state index in [2.05, 4.69) is 311 Å². The van der Waals surface area contributed by atoms with Crippen molar-refractivity contribution in [3.8, 4) is 120 Å². The molecule has 0 saturated heterocycles. The quantitative estimate of drug-likeness (QED) is 0.114. The van der Waals surface area contributed by atoms with Gasteiger partial charge in [0.25, 0.3) is 0 Å². The molecule has 0 N–H and O–H groups in total. The third kappa shape index (κ3) is 13.3. The largest absolute Gasteiger partial charge is 0.456 e. The molecule has 27 aromatic rings. The predicted octanol–water partition coefficient (Wildman–Crippen LogP) is 29.6. The molecule has 0 atom stereocenters. The van der Waals surface area contributed by atoms with Crippen LogP contribution in [0.4, 0.5) is 0 Å². The van der Waals surface area contributed by atoms with Crippen LogP contribution >= 0.6 is 0 Å². The summed E-state index contributed by atoms with van der Waals surface area (Å²) in [5.74, 6) is 5.34. The molecule has 0 aliphatic heterocycles. The molecule has 9 heterocycles. The van der Waals surface area contributed by atoms with Gasteiger partial charge in [-0.1, -0.05) is 352 Å². The van der Waals surface area contributed by atoms with Gasteiger partial charge in [0, 0.05) is 104 Å². The Morgan fingerprint density at radius 2 is 0.424 bits per heavy atom. The van der Waals surface area contributed by atoms with Gasteiger partial charge in [0.15, 0.2) is 40.8 Å². The lowest BCUT2D eigenvalue weighted by molar-refractivity contribution is 0.668. The topological polar surface area (TPSA) is 170 Å². The second kappa shape index (κ2) is 32.0. The lowest BCUT2D eigenvalue weighted by atomic mass is 10.0. The molecule has 0 spiro atoms. The van der Waals surface area contributed by atoms with Gasteiger partial charge in [-0.05, 0) is 107 Å². The van der Waals surface area contributed by atoms with Gasteiger partial charge in [-0.25, -0.2) is 24.9 Å². The van der Waals surface area contributed by atoms with Gasteiger partial charge in [-0.15, -0.1) is 0 Å². The van der Waals surface area contributed by atoms with Crippen LogP contribution in [0.2, 0.25) is 0 Å². The van der Waals surface area contributed by atoms with Crippen molar-refractivity contribution in [1.82, 2.24) is 58.6 Å². The number of nitrogens with zero attached hydrogens (tertiary/aromatic N) is 12. The summed E-state index contributed by atoms with van der Waals surface area (Å²) in [6.45, 7) is 0. The number of hydrogen-bond donors (Lipinski definition) is 0. The number of furan rings is 3. The minimum Gasteiger partial charge on any atom is -0.456 e. The third-order valence-electron chi connectivity index (χ3n) is 24.9. The molecule has 0 aliphatic carbocycles. The Hall–Kier alpha value is -18.2. The van der Waals surface area contributed by atoms with E-state index in [0.29, 0.717) is 52.7 Å². The summed E-state index contributed by atoms with van der Waals surface area (Å²) in [7, 11) is 0. The molecule has 27 rings (SSSR count). The van der Waals surface area contributed by atoms with Crippen LogP contribution in [0.5, 0.6) is 0 Å². The Labute approximate surface area is 754 Å². The van der Waals surface area contributed by atoms with Gasteiger partial charge in [0.2, 0.25) is 11.9 Å². The number of para-hydroxylation sites is 10. The van der Waals surface area contributed by atoms with Gasteiger partial charge in [0.1, 0.15) is 33.5 Å². The van der Waals surface area contributed by atoms with Gasteiger partial charge >= 0.3 is 0 Å². The standard InChI is InChI=1S/C45H28N4O.C39H24N4O.C33H20N4O/c1-3-13-29(14-4-1)30-25-27-31(28-26-30)43-46-44(48-45(47-43)37-21-11-19-34-33-17-8-10-24-40(33)50-42(34)37)36-20-12-23-39-41(36)35-18-7-9-22-38(35)49(39)32-15-5-2-6-16-32;1-2-11-25(12-3-1)26-21-23-27(24-22-26)37-40-38(31-16-10-20-35-36(31)30-15-6-9-19-34(30)44-35)42-39(41-37)43-32-17-7-4-13-28(32)29-14-5-8-18-33(29)43;1-2-11-21(12-3-1)31-34-32(25-16-10-20-29-30(25)24-15-6-9-19-28(24)38-29)36-33(35-31)37-26-17-7-4-13-22(26)23-14-5-8-18-27(23)37/h1-28H;1-24H;1-20H. The summed E-state index contributed by atoms with van der Waals surface area (Å²) in [6.07, 6.45) is 0. The van der Waals surface area contributed by atoms with E-state index < -0.39 is 0 Å². The molecule has 0 amide bonds. The van der Waals surface area contributed by atoms with Crippen LogP contribution in [-0.2, 0) is 0 Å². The highest BCUT2D eigenvalue weighted by atomic mass is 16.3. The first-order chi connectivity index (χ1) is 65.5. The number of benzene rings is 18. The normalized spacial score (nSPS) is 11.6. The summed E-state index contributed by atoms with van der Waals surface area (Å²) in [5.41, 5.74) is 23.3. The Balaban J connectivity index is 0.000000107. The second-order valence-corrected chi connectivity index (χ2v) is 32.6. The van der Waals surface area contributed by atoms with Crippen molar-refractivity contribution in [3.05, 3.63) is 437 Å². The Morgan fingerprint density at radius 1 is 0.152 bits per heavy atom. The second-order valence-electron chi connectivity index (χ2n) is 32.6. The van der Waals surface area contributed by atoms with Gasteiger partial charge in [-0.2, -0.15) is 19.9 Å². The number of rotatable bonds is 12. The summed E-state index contributed by atoms with van der Waals surface area (Å²) in [5, 5.41) is 13.0. The molecular weight excluding hydrogens is 1620 g/mol. The minimum absolute atomic E-state index is 0.561. The zero-order valence-electron chi connectivity index (χ0n) is 70.7. The van der Waals surface area contributed by atoms with Crippen molar-refractivity contribution in [3.63, 3.8) is 0 Å². The molecule has 0 saturated carbocycles. The molecule has 132 heavy (non-hydrogen) atoms. The molecule has 18 aromatic carbocycles. The van der Waals surface area contributed by atoms with E-state index in [4.69, 9.17) is 58.1 Å². The molecule has 9 aromatic heterocycles. The van der Waals surface area contributed by atoms with Crippen LogP contribution in [0.1, 0.15) is 0 Å². The molecular formula is C117H72N12O3. The molecule has 618 valence electrons. The van der Waals surface area contributed by atoms with Gasteiger partial charge < -0.3 is 17.8 Å². The fraction of sp³-hybridized carbons (Fsp3) is 0. The molecule has 0 aliphatic rings. The SMILES string of the molecule is c1ccc(-c2ccc(-c3nc(-c4cccc5c4oc4ccccc45)nc(-c4cccc5c4c4ccccc4n5-c4ccccc4)n3)cc2)cc1.c1ccc(-c2ccc(-c3nc(-c4cccc5oc6ccccc6c45)nc(-n4c5ccccc5c5ccccc54)n3)cc2)cc1.c1ccc(-c2nc(-c3cccc4oc5ccccc5c34)nc(-n3c4ccccc4c4ccccc43)n2)cc1. The van der Waals surface area contributed by atoms with E-state index in [1.54, 1.807) is 0 Å². The van der Waals surface area contributed by atoms with Crippen molar-refractivity contribution in [2.24, 2.45) is 0 Å². The van der Waals surface area contributed by atoms with E-state index in [9.17, 15) is 0 Å². The Kier molecular flexibility index (Phi) is 18.5. The fourth-order valence-electron chi connectivity index (χ4n) is 18.8. The van der Waals surface area contributed by atoms with Crippen molar-refractivity contribution in [2.75, 3.05) is 0 Å². The van der Waals surface area contributed by atoms with Crippen molar-refractivity contribution in [1.29, 1.82) is 0 Å². The first-order valence-corrected chi connectivity index (χ1v) is 43.9. The summed E-state index contributed by atoms with van der Waals surface area (Å²) in [6, 6.07) is 149. The van der Waals surface area contributed by atoms with E-state index in [-0.39, 0.29) is 0 Å². The summed E-state index contributed by atoms with van der Waals surface area (Å²) < 4.78 is 25.5. The number of hydrogen-bond acceptors (Lipinski definition) is 12. The first-order valence-electron chi connectivity index (χ1n) is 43.9. The first kappa shape index (κ1) is 76.2. The van der Waals surface area contributed by atoms with Crippen LogP contribution in [0, 0.1) is 0 Å². The maximum Gasteiger partial charge on any atom is 0.238 e. The van der Waals surface area contributed by atoms with Crippen LogP contribution in [-0.4, -0.2) is 58.6 Å². The zero-order chi connectivity index (χ0) is 87.1. The average Bonchev–Trinajstić information content (AvgIpc) is 1.58. The lowest BCUT2D eigenvalue weighted by Crippen LogP contribution is -2.06. The third-order valence-corrected chi connectivity index (χ3v) is 24.9. The van der Waals surface area contributed by atoms with Crippen molar-refractivity contribution < 1.29 is 13.3 Å². The van der Waals surface area contributed by atoms with E-state index in [1.807, 2.05) is 140 Å². The smallest absolute Gasteiger partial charge is 0.238 e.